The summed E-state index contributed by atoms with van der Waals surface area (Å²) in [5.74, 6) is 1.57. The van der Waals surface area contributed by atoms with Crippen molar-refractivity contribution >= 4 is 34.6 Å². The summed E-state index contributed by atoms with van der Waals surface area (Å²) in [7, 11) is 0. The van der Waals surface area contributed by atoms with Gasteiger partial charge in [-0.25, -0.2) is 0 Å². The predicted octanol–water partition coefficient (Wildman–Crippen LogP) is 4.20. The maximum absolute atomic E-state index is 6.01. The Morgan fingerprint density at radius 2 is 1.92 bits per heavy atom. The van der Waals surface area contributed by atoms with E-state index in [0.717, 1.165) is 23.7 Å². The largest absolute Gasteiger partial charge is 0.486 e. The van der Waals surface area contributed by atoms with Gasteiger partial charge in [-0.3, -0.25) is 0 Å². The van der Waals surface area contributed by atoms with E-state index in [1.807, 2.05) is 48.5 Å². The SMILES string of the molecule is CCN(C[C@H]1COc2ccccc2O1)C(=S)Nc1ccc(Cl)cc1. The number of rotatable bonds is 4. The molecule has 1 aliphatic heterocycles. The highest BCUT2D eigenvalue weighted by molar-refractivity contribution is 7.80. The first-order valence-corrected chi connectivity index (χ1v) is 8.64. The predicted molar refractivity (Wildman–Crippen MR) is 101 cm³/mol. The van der Waals surface area contributed by atoms with Gasteiger partial charge >= 0.3 is 0 Å². The normalized spacial score (nSPS) is 15.7. The average Bonchev–Trinajstić information content (AvgIpc) is 2.61. The minimum atomic E-state index is -0.0650. The number of likely N-dealkylation sites (N-methyl/N-ethyl adjacent to an activating group) is 1. The number of fused-ring (bicyclic) bond motifs is 1. The minimum Gasteiger partial charge on any atom is -0.486 e. The van der Waals surface area contributed by atoms with Gasteiger partial charge in [-0.1, -0.05) is 23.7 Å². The maximum Gasteiger partial charge on any atom is 0.173 e. The van der Waals surface area contributed by atoms with Crippen LogP contribution < -0.4 is 14.8 Å². The van der Waals surface area contributed by atoms with Crippen LogP contribution in [0.3, 0.4) is 0 Å². The molecule has 0 fully saturated rings. The molecular formula is C18H19ClN2O2S. The molecule has 3 rings (SSSR count). The Morgan fingerprint density at radius 1 is 1.21 bits per heavy atom. The van der Waals surface area contributed by atoms with E-state index in [1.54, 1.807) is 0 Å². The average molecular weight is 363 g/mol. The molecule has 6 heteroatoms. The summed E-state index contributed by atoms with van der Waals surface area (Å²) >= 11 is 11.4. The van der Waals surface area contributed by atoms with Crippen molar-refractivity contribution in [2.45, 2.75) is 13.0 Å². The summed E-state index contributed by atoms with van der Waals surface area (Å²) in [4.78, 5) is 2.06. The Morgan fingerprint density at radius 3 is 2.62 bits per heavy atom. The van der Waals surface area contributed by atoms with Crippen molar-refractivity contribution in [3.05, 3.63) is 53.6 Å². The Labute approximate surface area is 152 Å². The van der Waals surface area contributed by atoms with Crippen LogP contribution >= 0.6 is 23.8 Å². The van der Waals surface area contributed by atoms with Gasteiger partial charge in [0, 0.05) is 17.3 Å². The van der Waals surface area contributed by atoms with Crippen LogP contribution in [0.4, 0.5) is 5.69 Å². The highest BCUT2D eigenvalue weighted by Gasteiger charge is 2.23. The highest BCUT2D eigenvalue weighted by atomic mass is 35.5. The van der Waals surface area contributed by atoms with Crippen molar-refractivity contribution in [2.75, 3.05) is 25.0 Å². The summed E-state index contributed by atoms with van der Waals surface area (Å²) in [6, 6.07) is 15.2. The van der Waals surface area contributed by atoms with E-state index in [9.17, 15) is 0 Å². The molecular weight excluding hydrogens is 344 g/mol. The fraction of sp³-hybridized carbons (Fsp3) is 0.278. The second kappa shape index (κ2) is 7.73. The zero-order chi connectivity index (χ0) is 16.9. The smallest absolute Gasteiger partial charge is 0.173 e. The number of thiocarbonyl (C=S) groups is 1. The van der Waals surface area contributed by atoms with E-state index in [4.69, 9.17) is 33.3 Å². The number of ether oxygens (including phenoxy) is 2. The molecule has 0 unspecified atom stereocenters. The topological polar surface area (TPSA) is 33.7 Å². The van der Waals surface area contributed by atoms with Crippen molar-refractivity contribution in [1.29, 1.82) is 0 Å². The summed E-state index contributed by atoms with van der Waals surface area (Å²) in [6.45, 7) is 4.01. The quantitative estimate of drug-likeness (QED) is 0.824. The lowest BCUT2D eigenvalue weighted by Crippen LogP contribution is -2.45. The molecule has 1 aliphatic rings. The third-order valence-electron chi connectivity index (χ3n) is 3.76. The van der Waals surface area contributed by atoms with E-state index in [2.05, 4.69) is 17.1 Å². The van der Waals surface area contributed by atoms with Crippen LogP contribution in [0.25, 0.3) is 0 Å². The number of anilines is 1. The number of halogens is 1. The highest BCUT2D eigenvalue weighted by Crippen LogP contribution is 2.31. The third kappa shape index (κ3) is 4.10. The van der Waals surface area contributed by atoms with Gasteiger partial charge in [-0.15, -0.1) is 0 Å². The molecule has 2 aromatic rings. The molecule has 126 valence electrons. The Bertz CT molecular complexity index is 708. The molecule has 24 heavy (non-hydrogen) atoms. The number of hydrogen-bond acceptors (Lipinski definition) is 3. The van der Waals surface area contributed by atoms with E-state index < -0.39 is 0 Å². The lowest BCUT2D eigenvalue weighted by atomic mass is 10.2. The van der Waals surface area contributed by atoms with Gasteiger partial charge in [0.2, 0.25) is 0 Å². The van der Waals surface area contributed by atoms with Crippen LogP contribution in [0.15, 0.2) is 48.5 Å². The number of benzene rings is 2. The van der Waals surface area contributed by atoms with Crippen LogP contribution in [0.5, 0.6) is 11.5 Å². The van der Waals surface area contributed by atoms with Crippen LogP contribution in [-0.4, -0.2) is 35.8 Å². The number of nitrogens with one attached hydrogen (secondary N) is 1. The molecule has 0 saturated carbocycles. The molecule has 0 bridgehead atoms. The van der Waals surface area contributed by atoms with Gasteiger partial charge in [0.15, 0.2) is 22.7 Å². The molecule has 4 nitrogen and oxygen atoms in total. The summed E-state index contributed by atoms with van der Waals surface area (Å²) in [5, 5.41) is 4.59. The number of para-hydroxylation sites is 2. The molecule has 0 aromatic heterocycles. The standard InChI is InChI=1S/C18H19ClN2O2S/c1-2-21(18(24)20-14-9-7-13(19)8-10-14)11-15-12-22-16-5-3-4-6-17(16)23-15/h3-10,15H,2,11-12H2,1H3,(H,20,24)/t15-/m0/s1. The van der Waals surface area contributed by atoms with Gasteiger partial charge in [-0.05, 0) is 55.5 Å². The van der Waals surface area contributed by atoms with Crippen LogP contribution in [0.1, 0.15) is 6.92 Å². The summed E-state index contributed by atoms with van der Waals surface area (Å²) in [6.07, 6.45) is -0.0650. The second-order valence-electron chi connectivity index (χ2n) is 5.47. The molecule has 1 atom stereocenters. The third-order valence-corrected chi connectivity index (χ3v) is 4.37. The van der Waals surface area contributed by atoms with Gasteiger partial charge in [0.05, 0.1) is 6.54 Å². The van der Waals surface area contributed by atoms with Crippen molar-refractivity contribution in [2.24, 2.45) is 0 Å². The van der Waals surface area contributed by atoms with Gasteiger partial charge in [0.25, 0.3) is 0 Å². The van der Waals surface area contributed by atoms with Crippen LogP contribution in [0.2, 0.25) is 5.02 Å². The summed E-state index contributed by atoms with van der Waals surface area (Å²) in [5.41, 5.74) is 0.911. The van der Waals surface area contributed by atoms with Crippen molar-refractivity contribution in [3.8, 4) is 11.5 Å². The molecule has 0 radical (unpaired) electrons. The Kier molecular flexibility index (Phi) is 5.43. The van der Waals surface area contributed by atoms with Crippen LogP contribution in [-0.2, 0) is 0 Å². The molecule has 0 saturated heterocycles. The van der Waals surface area contributed by atoms with Crippen molar-refractivity contribution < 1.29 is 9.47 Å². The monoisotopic (exact) mass is 362 g/mol. The van der Waals surface area contributed by atoms with E-state index in [1.165, 1.54) is 0 Å². The molecule has 0 aliphatic carbocycles. The van der Waals surface area contributed by atoms with Gasteiger partial charge in [0.1, 0.15) is 6.61 Å². The Hall–Kier alpha value is -1.98. The zero-order valence-corrected chi connectivity index (χ0v) is 14.9. The van der Waals surface area contributed by atoms with E-state index in [-0.39, 0.29) is 6.10 Å². The lowest BCUT2D eigenvalue weighted by molar-refractivity contribution is 0.0754. The second-order valence-corrected chi connectivity index (χ2v) is 6.30. The van der Waals surface area contributed by atoms with Crippen molar-refractivity contribution in [1.82, 2.24) is 4.90 Å². The van der Waals surface area contributed by atoms with E-state index in [0.29, 0.717) is 23.3 Å². The van der Waals surface area contributed by atoms with Gasteiger partial charge < -0.3 is 19.7 Å². The fourth-order valence-corrected chi connectivity index (χ4v) is 2.94. The fourth-order valence-electron chi connectivity index (χ4n) is 2.49. The first-order valence-electron chi connectivity index (χ1n) is 7.85. The maximum atomic E-state index is 6.01. The zero-order valence-electron chi connectivity index (χ0n) is 13.4. The molecule has 1 N–H and O–H groups in total. The minimum absolute atomic E-state index is 0.0650. The number of nitrogens with zero attached hydrogens (tertiary/aromatic N) is 1. The molecule has 0 spiro atoms. The number of hydrogen-bond donors (Lipinski definition) is 1. The molecule has 2 aromatic carbocycles. The van der Waals surface area contributed by atoms with Crippen molar-refractivity contribution in [3.63, 3.8) is 0 Å². The van der Waals surface area contributed by atoms with E-state index >= 15 is 0 Å². The van der Waals surface area contributed by atoms with Crippen LogP contribution in [0, 0.1) is 0 Å². The molecule has 1 heterocycles. The summed E-state index contributed by atoms with van der Waals surface area (Å²) < 4.78 is 11.8. The Balaban J connectivity index is 1.60. The first-order chi connectivity index (χ1) is 11.7. The molecule has 0 amide bonds. The first kappa shape index (κ1) is 16.9. The van der Waals surface area contributed by atoms with Gasteiger partial charge in [-0.2, -0.15) is 0 Å². The lowest BCUT2D eigenvalue weighted by Gasteiger charge is -2.32.